The van der Waals surface area contributed by atoms with Gasteiger partial charge in [-0.15, -0.1) is 0 Å². The highest BCUT2D eigenvalue weighted by Crippen LogP contribution is 2.17. The van der Waals surface area contributed by atoms with Crippen LogP contribution >= 0.6 is 15.9 Å². The third-order valence-corrected chi connectivity index (χ3v) is 4.32. The molecule has 0 radical (unpaired) electrons. The lowest BCUT2D eigenvalue weighted by Gasteiger charge is -2.14. The summed E-state index contributed by atoms with van der Waals surface area (Å²) in [7, 11) is -2.93. The molecule has 0 fully saturated rings. The van der Waals surface area contributed by atoms with Crippen molar-refractivity contribution in [2.24, 2.45) is 0 Å². The molecule has 0 saturated carbocycles. The van der Waals surface area contributed by atoms with Crippen molar-refractivity contribution in [1.82, 2.24) is 5.32 Å². The Morgan fingerprint density at radius 2 is 2.11 bits per heavy atom. The second-order valence-corrected chi connectivity index (χ2v) is 7.55. The largest absolute Gasteiger partial charge is 0.310 e. The first-order valence-electron chi connectivity index (χ1n) is 5.63. The second kappa shape index (κ2) is 6.63. The van der Waals surface area contributed by atoms with E-state index in [1.807, 2.05) is 6.92 Å². The van der Waals surface area contributed by atoms with Crippen molar-refractivity contribution < 1.29 is 12.8 Å². The van der Waals surface area contributed by atoms with E-state index in [9.17, 15) is 12.8 Å². The number of hydrogen-bond acceptors (Lipinski definition) is 3. The maximum absolute atomic E-state index is 13.0. The number of sulfone groups is 1. The highest BCUT2D eigenvalue weighted by atomic mass is 79.9. The Balaban J connectivity index is 2.47. The molecule has 0 spiro atoms. The van der Waals surface area contributed by atoms with E-state index in [1.165, 1.54) is 18.4 Å². The molecule has 1 aromatic carbocycles. The predicted octanol–water partition coefficient (Wildman–Crippen LogP) is 2.50. The highest BCUT2D eigenvalue weighted by Gasteiger charge is 2.08. The minimum Gasteiger partial charge on any atom is -0.310 e. The van der Waals surface area contributed by atoms with Gasteiger partial charge in [-0.05, 0) is 37.1 Å². The van der Waals surface area contributed by atoms with E-state index < -0.39 is 9.84 Å². The van der Waals surface area contributed by atoms with Crippen LogP contribution in [0.15, 0.2) is 22.7 Å². The summed E-state index contributed by atoms with van der Waals surface area (Å²) in [5.74, 6) is -0.121. The Kier molecular flexibility index (Phi) is 5.75. The zero-order valence-corrected chi connectivity index (χ0v) is 12.8. The van der Waals surface area contributed by atoms with Gasteiger partial charge >= 0.3 is 0 Å². The number of rotatable bonds is 6. The summed E-state index contributed by atoms with van der Waals surface area (Å²) >= 11 is 3.35. The monoisotopic (exact) mass is 337 g/mol. The Morgan fingerprint density at radius 3 is 2.72 bits per heavy atom. The van der Waals surface area contributed by atoms with Crippen molar-refractivity contribution in [1.29, 1.82) is 0 Å². The summed E-state index contributed by atoms with van der Waals surface area (Å²) in [6, 6.07) is 4.57. The SMILES string of the molecule is C[C@H](CCS(C)(=O)=O)NCc1cc(F)ccc1Br. The molecule has 102 valence electrons. The molecule has 1 atom stereocenters. The summed E-state index contributed by atoms with van der Waals surface area (Å²) in [6.07, 6.45) is 1.77. The summed E-state index contributed by atoms with van der Waals surface area (Å²) < 4.78 is 35.9. The molecule has 1 N–H and O–H groups in total. The molecule has 18 heavy (non-hydrogen) atoms. The smallest absolute Gasteiger partial charge is 0.147 e. The van der Waals surface area contributed by atoms with Crippen molar-refractivity contribution >= 4 is 25.8 Å². The molecule has 0 aliphatic heterocycles. The van der Waals surface area contributed by atoms with Gasteiger partial charge in [0.05, 0.1) is 5.75 Å². The Hall–Kier alpha value is -0.460. The lowest BCUT2D eigenvalue weighted by Crippen LogP contribution is -2.27. The maximum Gasteiger partial charge on any atom is 0.147 e. The summed E-state index contributed by atoms with van der Waals surface area (Å²) in [6.45, 7) is 2.42. The number of halogens is 2. The molecule has 0 aliphatic carbocycles. The third-order valence-electron chi connectivity index (χ3n) is 2.57. The van der Waals surface area contributed by atoms with Crippen LogP contribution in [0, 0.1) is 5.82 Å². The lowest BCUT2D eigenvalue weighted by atomic mass is 10.2. The molecule has 6 heteroatoms. The van der Waals surface area contributed by atoms with E-state index in [1.54, 1.807) is 6.07 Å². The lowest BCUT2D eigenvalue weighted by molar-refractivity contribution is 0.525. The summed E-state index contributed by atoms with van der Waals surface area (Å²) in [5.41, 5.74) is 0.821. The fraction of sp³-hybridized carbons (Fsp3) is 0.500. The fourth-order valence-corrected chi connectivity index (χ4v) is 2.62. The molecule has 1 aromatic rings. The van der Waals surface area contributed by atoms with Gasteiger partial charge in [0.25, 0.3) is 0 Å². The van der Waals surface area contributed by atoms with Crippen LogP contribution in [0.25, 0.3) is 0 Å². The zero-order chi connectivity index (χ0) is 13.8. The minimum absolute atomic E-state index is 0.0647. The molecule has 0 unspecified atom stereocenters. The number of nitrogens with one attached hydrogen (secondary N) is 1. The highest BCUT2D eigenvalue weighted by molar-refractivity contribution is 9.10. The van der Waals surface area contributed by atoms with Crippen LogP contribution in [0.3, 0.4) is 0 Å². The van der Waals surface area contributed by atoms with Gasteiger partial charge < -0.3 is 5.32 Å². The van der Waals surface area contributed by atoms with Crippen molar-refractivity contribution in [3.05, 3.63) is 34.1 Å². The van der Waals surface area contributed by atoms with Crippen molar-refractivity contribution in [3.8, 4) is 0 Å². The first-order chi connectivity index (χ1) is 8.28. The zero-order valence-electron chi connectivity index (χ0n) is 10.4. The molecule has 0 heterocycles. The molecule has 0 saturated heterocycles. The molecular formula is C12H17BrFNO2S. The van der Waals surface area contributed by atoms with Gasteiger partial charge in [0, 0.05) is 23.3 Å². The first-order valence-corrected chi connectivity index (χ1v) is 8.48. The number of hydrogen-bond donors (Lipinski definition) is 1. The molecular weight excluding hydrogens is 321 g/mol. The van der Waals surface area contributed by atoms with Gasteiger partial charge in [-0.1, -0.05) is 15.9 Å². The van der Waals surface area contributed by atoms with Crippen molar-refractivity contribution in [2.45, 2.75) is 25.9 Å². The third kappa shape index (κ3) is 5.93. The van der Waals surface area contributed by atoms with Gasteiger partial charge in [-0.3, -0.25) is 0 Å². The van der Waals surface area contributed by atoms with E-state index in [0.29, 0.717) is 13.0 Å². The standard InChI is InChI=1S/C12H17BrFNO2S/c1-9(5-6-18(2,16)17)15-8-10-7-11(14)3-4-12(10)13/h3-4,7,9,15H,5-6,8H2,1-2H3/t9-/m1/s1. The first kappa shape index (κ1) is 15.6. The normalized spacial score (nSPS) is 13.6. The summed E-state index contributed by atoms with van der Waals surface area (Å²) in [5, 5.41) is 3.18. The second-order valence-electron chi connectivity index (χ2n) is 4.44. The van der Waals surface area contributed by atoms with Crippen LogP contribution in [-0.2, 0) is 16.4 Å². The van der Waals surface area contributed by atoms with Gasteiger partial charge in [0.1, 0.15) is 15.7 Å². The van der Waals surface area contributed by atoms with Crippen LogP contribution in [0.2, 0.25) is 0 Å². The molecule has 0 aromatic heterocycles. The Morgan fingerprint density at radius 1 is 1.44 bits per heavy atom. The van der Waals surface area contributed by atoms with E-state index in [-0.39, 0.29) is 17.6 Å². The number of benzene rings is 1. The van der Waals surface area contributed by atoms with E-state index in [0.717, 1.165) is 10.0 Å². The average molecular weight is 338 g/mol. The van der Waals surface area contributed by atoms with E-state index in [2.05, 4.69) is 21.2 Å². The van der Waals surface area contributed by atoms with Crippen LogP contribution in [0.1, 0.15) is 18.9 Å². The van der Waals surface area contributed by atoms with Crippen molar-refractivity contribution in [3.63, 3.8) is 0 Å². The molecule has 0 aliphatic rings. The van der Waals surface area contributed by atoms with Crippen LogP contribution in [-0.4, -0.2) is 26.5 Å². The average Bonchev–Trinajstić information content (AvgIpc) is 2.26. The van der Waals surface area contributed by atoms with Gasteiger partial charge in [0.2, 0.25) is 0 Å². The van der Waals surface area contributed by atoms with Gasteiger partial charge in [-0.2, -0.15) is 0 Å². The Bertz CT molecular complexity index is 505. The van der Waals surface area contributed by atoms with E-state index in [4.69, 9.17) is 0 Å². The van der Waals surface area contributed by atoms with Crippen LogP contribution in [0.5, 0.6) is 0 Å². The predicted molar refractivity (Wildman–Crippen MR) is 74.7 cm³/mol. The van der Waals surface area contributed by atoms with Crippen molar-refractivity contribution in [2.75, 3.05) is 12.0 Å². The topological polar surface area (TPSA) is 46.2 Å². The maximum atomic E-state index is 13.0. The minimum atomic E-state index is -2.93. The van der Waals surface area contributed by atoms with E-state index >= 15 is 0 Å². The molecule has 0 bridgehead atoms. The fourth-order valence-electron chi connectivity index (χ4n) is 1.46. The van der Waals surface area contributed by atoms with Gasteiger partial charge in [0.15, 0.2) is 0 Å². The quantitative estimate of drug-likeness (QED) is 0.867. The molecule has 3 nitrogen and oxygen atoms in total. The Labute approximate surface area is 116 Å². The van der Waals surface area contributed by atoms with Gasteiger partial charge in [-0.25, -0.2) is 12.8 Å². The van der Waals surface area contributed by atoms with Crippen LogP contribution in [0.4, 0.5) is 4.39 Å². The molecule has 0 amide bonds. The van der Waals surface area contributed by atoms with Crippen LogP contribution < -0.4 is 5.32 Å². The summed E-state index contributed by atoms with van der Waals surface area (Å²) in [4.78, 5) is 0. The molecule has 1 rings (SSSR count).